The fraction of sp³-hybridized carbons (Fsp3) is 0.286. The van der Waals surface area contributed by atoms with Gasteiger partial charge in [-0.1, -0.05) is 24.3 Å². The Bertz CT molecular complexity index is 646. The van der Waals surface area contributed by atoms with E-state index in [0.717, 1.165) is 35.3 Å². The van der Waals surface area contributed by atoms with Crippen LogP contribution in [0.2, 0.25) is 0 Å². The molecule has 0 spiro atoms. The third-order valence-electron chi connectivity index (χ3n) is 3.35. The minimum atomic E-state index is -0.000229. The molecule has 0 unspecified atom stereocenters. The third-order valence-corrected chi connectivity index (χ3v) is 3.35. The van der Waals surface area contributed by atoms with Gasteiger partial charge in [0.25, 0.3) is 5.56 Å². The molecule has 0 fully saturated rings. The highest BCUT2D eigenvalue weighted by Gasteiger charge is 2.16. The normalized spacial score (nSPS) is 14.3. The fourth-order valence-electron chi connectivity index (χ4n) is 2.33. The lowest BCUT2D eigenvalue weighted by Crippen LogP contribution is -2.31. The highest BCUT2D eigenvalue weighted by atomic mass is 16.1. The van der Waals surface area contributed by atoms with E-state index in [1.807, 2.05) is 31.2 Å². The summed E-state index contributed by atoms with van der Waals surface area (Å²) in [7, 11) is 0. The number of H-pyrrole nitrogens is 1. The Morgan fingerprint density at radius 1 is 1.28 bits per heavy atom. The first-order chi connectivity index (χ1) is 8.75. The Hall–Kier alpha value is -1.94. The van der Waals surface area contributed by atoms with Gasteiger partial charge in [0.05, 0.1) is 5.69 Å². The number of benzene rings is 1. The van der Waals surface area contributed by atoms with Crippen molar-refractivity contribution in [2.24, 2.45) is 0 Å². The van der Waals surface area contributed by atoms with E-state index in [1.54, 1.807) is 0 Å². The van der Waals surface area contributed by atoms with Gasteiger partial charge >= 0.3 is 0 Å². The largest absolute Gasteiger partial charge is 0.311 e. The standard InChI is InChI=1S/C14H15N3O/c1-9-4-2-3-5-10(9)13-16-12-8-15-7-6-11(12)14(18)17-13/h2-5,15H,6-8H2,1H3,(H,16,17,18). The molecule has 0 radical (unpaired) electrons. The van der Waals surface area contributed by atoms with E-state index in [-0.39, 0.29) is 5.56 Å². The summed E-state index contributed by atoms with van der Waals surface area (Å²) in [6.45, 7) is 3.55. The number of nitrogens with one attached hydrogen (secondary N) is 2. The molecule has 0 amide bonds. The number of nitrogens with zero attached hydrogens (tertiary/aromatic N) is 1. The first kappa shape index (κ1) is 11.2. The zero-order valence-corrected chi connectivity index (χ0v) is 10.3. The van der Waals surface area contributed by atoms with Crippen molar-refractivity contribution in [3.63, 3.8) is 0 Å². The summed E-state index contributed by atoms with van der Waals surface area (Å²) in [5.74, 6) is 0.667. The Kier molecular flexibility index (Phi) is 2.72. The quantitative estimate of drug-likeness (QED) is 0.793. The zero-order chi connectivity index (χ0) is 12.5. The molecule has 0 aliphatic carbocycles. The molecule has 92 valence electrons. The molecule has 1 aromatic heterocycles. The second-order valence-electron chi connectivity index (χ2n) is 4.58. The minimum Gasteiger partial charge on any atom is -0.311 e. The van der Waals surface area contributed by atoms with Crippen molar-refractivity contribution in [2.45, 2.75) is 19.9 Å². The van der Waals surface area contributed by atoms with E-state index in [9.17, 15) is 4.79 Å². The molecule has 1 aromatic carbocycles. The van der Waals surface area contributed by atoms with E-state index < -0.39 is 0 Å². The maximum atomic E-state index is 12.0. The SMILES string of the molecule is Cc1ccccc1-c1nc2c(c(=O)[nH]1)CCNC2. The molecule has 0 atom stereocenters. The topological polar surface area (TPSA) is 57.8 Å². The second kappa shape index (κ2) is 4.38. The van der Waals surface area contributed by atoms with Gasteiger partial charge in [-0.25, -0.2) is 4.98 Å². The molecule has 1 aliphatic heterocycles. The van der Waals surface area contributed by atoms with Crippen LogP contribution in [0.1, 0.15) is 16.8 Å². The molecular formula is C14H15N3O. The summed E-state index contributed by atoms with van der Waals surface area (Å²) in [4.78, 5) is 19.5. The van der Waals surface area contributed by atoms with Gasteiger partial charge in [0.2, 0.25) is 0 Å². The van der Waals surface area contributed by atoms with Gasteiger partial charge in [-0.2, -0.15) is 0 Å². The molecule has 3 rings (SSSR count). The predicted octanol–water partition coefficient (Wildman–Crippen LogP) is 1.39. The van der Waals surface area contributed by atoms with Gasteiger partial charge in [0, 0.05) is 17.7 Å². The maximum Gasteiger partial charge on any atom is 0.254 e. The first-order valence-corrected chi connectivity index (χ1v) is 6.14. The fourth-order valence-corrected chi connectivity index (χ4v) is 2.33. The van der Waals surface area contributed by atoms with Crippen molar-refractivity contribution in [2.75, 3.05) is 6.54 Å². The summed E-state index contributed by atoms with van der Waals surface area (Å²) in [6.07, 6.45) is 0.756. The van der Waals surface area contributed by atoms with Crippen molar-refractivity contribution in [1.29, 1.82) is 0 Å². The van der Waals surface area contributed by atoms with Crippen LogP contribution in [-0.4, -0.2) is 16.5 Å². The maximum absolute atomic E-state index is 12.0. The number of fused-ring (bicyclic) bond motifs is 1. The molecule has 4 heteroatoms. The van der Waals surface area contributed by atoms with E-state index in [1.165, 1.54) is 0 Å². The minimum absolute atomic E-state index is 0.000229. The van der Waals surface area contributed by atoms with E-state index in [4.69, 9.17) is 0 Å². The Balaban J connectivity index is 2.17. The zero-order valence-electron chi connectivity index (χ0n) is 10.3. The summed E-state index contributed by atoms with van der Waals surface area (Å²) in [6, 6.07) is 7.94. The average molecular weight is 241 g/mol. The molecule has 4 nitrogen and oxygen atoms in total. The number of aryl methyl sites for hydroxylation is 1. The highest BCUT2D eigenvalue weighted by molar-refractivity contribution is 5.59. The molecule has 0 saturated carbocycles. The molecule has 2 heterocycles. The van der Waals surface area contributed by atoms with Gasteiger partial charge in [-0.15, -0.1) is 0 Å². The summed E-state index contributed by atoms with van der Waals surface area (Å²) in [5.41, 5.74) is 3.81. The number of hydrogen-bond donors (Lipinski definition) is 2. The second-order valence-corrected chi connectivity index (χ2v) is 4.58. The van der Waals surface area contributed by atoms with Crippen molar-refractivity contribution in [3.05, 3.63) is 51.4 Å². The van der Waals surface area contributed by atoms with Crippen LogP contribution in [0.4, 0.5) is 0 Å². The third kappa shape index (κ3) is 1.84. The smallest absolute Gasteiger partial charge is 0.254 e. The Morgan fingerprint density at radius 3 is 2.94 bits per heavy atom. The van der Waals surface area contributed by atoms with Crippen LogP contribution < -0.4 is 10.9 Å². The van der Waals surface area contributed by atoms with Crippen LogP contribution in [0.5, 0.6) is 0 Å². The van der Waals surface area contributed by atoms with Crippen LogP contribution in [0, 0.1) is 6.92 Å². The Labute approximate surface area is 105 Å². The van der Waals surface area contributed by atoms with E-state index in [0.29, 0.717) is 12.4 Å². The summed E-state index contributed by atoms with van der Waals surface area (Å²) >= 11 is 0. The van der Waals surface area contributed by atoms with Crippen molar-refractivity contribution in [1.82, 2.24) is 15.3 Å². The van der Waals surface area contributed by atoms with E-state index in [2.05, 4.69) is 15.3 Å². The average Bonchev–Trinajstić information content (AvgIpc) is 2.39. The molecule has 2 N–H and O–H groups in total. The van der Waals surface area contributed by atoms with Crippen LogP contribution in [0.15, 0.2) is 29.1 Å². The lowest BCUT2D eigenvalue weighted by Gasteiger charge is -2.16. The molecule has 2 aromatic rings. The summed E-state index contributed by atoms with van der Waals surface area (Å²) < 4.78 is 0. The number of hydrogen-bond acceptors (Lipinski definition) is 3. The molecular weight excluding hydrogens is 226 g/mol. The molecule has 18 heavy (non-hydrogen) atoms. The van der Waals surface area contributed by atoms with E-state index >= 15 is 0 Å². The highest BCUT2D eigenvalue weighted by Crippen LogP contribution is 2.19. The molecule has 1 aliphatic rings. The number of aromatic nitrogens is 2. The van der Waals surface area contributed by atoms with Gasteiger partial charge in [0.15, 0.2) is 0 Å². The van der Waals surface area contributed by atoms with Crippen LogP contribution in [0.3, 0.4) is 0 Å². The van der Waals surface area contributed by atoms with Crippen molar-refractivity contribution < 1.29 is 0 Å². The predicted molar refractivity (Wildman–Crippen MR) is 70.4 cm³/mol. The molecule has 0 saturated heterocycles. The lowest BCUT2D eigenvalue weighted by molar-refractivity contribution is 0.619. The van der Waals surface area contributed by atoms with Crippen molar-refractivity contribution >= 4 is 0 Å². The van der Waals surface area contributed by atoms with Gasteiger partial charge < -0.3 is 10.3 Å². The summed E-state index contributed by atoms with van der Waals surface area (Å²) in [5, 5.41) is 3.25. The Morgan fingerprint density at radius 2 is 2.11 bits per heavy atom. The number of aromatic amines is 1. The van der Waals surface area contributed by atoms with Gasteiger partial charge in [-0.05, 0) is 25.5 Å². The van der Waals surface area contributed by atoms with Gasteiger partial charge in [0.1, 0.15) is 5.82 Å². The van der Waals surface area contributed by atoms with Crippen LogP contribution in [0.25, 0.3) is 11.4 Å². The van der Waals surface area contributed by atoms with Crippen molar-refractivity contribution in [3.8, 4) is 11.4 Å². The van der Waals surface area contributed by atoms with Crippen LogP contribution >= 0.6 is 0 Å². The number of rotatable bonds is 1. The van der Waals surface area contributed by atoms with Crippen LogP contribution in [-0.2, 0) is 13.0 Å². The monoisotopic (exact) mass is 241 g/mol. The first-order valence-electron chi connectivity index (χ1n) is 6.14. The molecule has 0 bridgehead atoms. The lowest BCUT2D eigenvalue weighted by atomic mass is 10.1. The van der Waals surface area contributed by atoms with Gasteiger partial charge in [-0.3, -0.25) is 4.79 Å².